The molecule has 2 atom stereocenters. The van der Waals surface area contributed by atoms with Crippen LogP contribution in [0.2, 0.25) is 10.0 Å². The molecule has 6 nitrogen and oxygen atoms in total. The van der Waals surface area contributed by atoms with Crippen LogP contribution in [0.3, 0.4) is 0 Å². The Bertz CT molecular complexity index is 928. The van der Waals surface area contributed by atoms with Gasteiger partial charge in [0.25, 0.3) is 11.8 Å². The van der Waals surface area contributed by atoms with Gasteiger partial charge in [-0.2, -0.15) is 0 Å². The van der Waals surface area contributed by atoms with Crippen LogP contribution in [0.5, 0.6) is 0 Å². The smallest absolute Gasteiger partial charge is 0.253 e. The van der Waals surface area contributed by atoms with E-state index in [-0.39, 0.29) is 24.0 Å². The Morgan fingerprint density at radius 2 is 1.26 bits per heavy atom. The summed E-state index contributed by atoms with van der Waals surface area (Å²) in [4.78, 5) is 31.7. The zero-order valence-electron chi connectivity index (χ0n) is 17.3. The fourth-order valence-electron chi connectivity index (χ4n) is 4.31. The van der Waals surface area contributed by atoms with Gasteiger partial charge in [0, 0.05) is 67.6 Å². The molecule has 0 spiro atoms. The number of rotatable bonds is 4. The number of likely N-dealkylation sites (tertiary alicyclic amines) is 1. The number of piperazine rings is 1. The van der Waals surface area contributed by atoms with Crippen LogP contribution >= 0.6 is 23.2 Å². The van der Waals surface area contributed by atoms with Gasteiger partial charge in [0.2, 0.25) is 0 Å². The minimum atomic E-state index is -0.0604. The van der Waals surface area contributed by atoms with E-state index >= 15 is 0 Å². The molecule has 4 rings (SSSR count). The first-order chi connectivity index (χ1) is 15.0. The van der Waals surface area contributed by atoms with E-state index in [1.54, 1.807) is 55.6 Å². The SMILES string of the molecule is COC1CN(C(=O)c2ccc(Cl)cc2)CC1N1CCN(C(=O)c2ccc(Cl)cc2)CC1. The van der Waals surface area contributed by atoms with Crippen molar-refractivity contribution in [1.82, 2.24) is 14.7 Å². The molecular formula is C23H25Cl2N3O3. The number of amides is 2. The van der Waals surface area contributed by atoms with Crippen molar-refractivity contribution in [2.24, 2.45) is 0 Å². The lowest BCUT2D eigenvalue weighted by Crippen LogP contribution is -2.55. The number of benzene rings is 2. The number of carbonyl (C=O) groups is 2. The molecule has 2 heterocycles. The molecule has 0 saturated carbocycles. The number of ether oxygens (including phenoxy) is 1. The molecule has 2 aliphatic rings. The Hall–Kier alpha value is -2.12. The minimum Gasteiger partial charge on any atom is -0.378 e. The summed E-state index contributed by atoms with van der Waals surface area (Å²) in [6.45, 7) is 3.91. The lowest BCUT2D eigenvalue weighted by Gasteiger charge is -2.39. The number of hydrogen-bond donors (Lipinski definition) is 0. The topological polar surface area (TPSA) is 53.1 Å². The quantitative estimate of drug-likeness (QED) is 0.700. The van der Waals surface area contributed by atoms with Crippen LogP contribution in [-0.2, 0) is 4.74 Å². The molecule has 164 valence electrons. The second kappa shape index (κ2) is 9.57. The third kappa shape index (κ3) is 4.88. The van der Waals surface area contributed by atoms with Gasteiger partial charge >= 0.3 is 0 Å². The predicted molar refractivity (Wildman–Crippen MR) is 121 cm³/mol. The van der Waals surface area contributed by atoms with E-state index in [9.17, 15) is 9.59 Å². The van der Waals surface area contributed by atoms with Gasteiger partial charge in [0.15, 0.2) is 0 Å². The van der Waals surface area contributed by atoms with E-state index in [2.05, 4.69) is 4.90 Å². The molecule has 0 radical (unpaired) electrons. The molecule has 31 heavy (non-hydrogen) atoms. The van der Waals surface area contributed by atoms with Crippen LogP contribution in [-0.4, -0.2) is 85.0 Å². The summed E-state index contributed by atoms with van der Waals surface area (Å²) >= 11 is 11.9. The summed E-state index contributed by atoms with van der Waals surface area (Å²) in [5.74, 6) is 0.00309. The van der Waals surface area contributed by atoms with Gasteiger partial charge in [-0.05, 0) is 48.5 Å². The molecule has 2 unspecified atom stereocenters. The standard InChI is InChI=1S/C23H25Cl2N3O3/c1-31-21-15-28(23(30)17-4-8-19(25)9-5-17)14-20(21)26-10-12-27(13-11-26)22(29)16-2-6-18(24)7-3-16/h2-9,20-21H,10-15H2,1H3. The molecule has 2 aromatic carbocycles. The Morgan fingerprint density at radius 1 is 0.774 bits per heavy atom. The minimum absolute atomic E-state index is 0.0160. The Morgan fingerprint density at radius 3 is 1.74 bits per heavy atom. The van der Waals surface area contributed by atoms with Gasteiger partial charge in [0.05, 0.1) is 12.1 Å². The summed E-state index contributed by atoms with van der Waals surface area (Å²) in [6.07, 6.45) is -0.0604. The highest BCUT2D eigenvalue weighted by Crippen LogP contribution is 2.23. The first-order valence-corrected chi connectivity index (χ1v) is 11.1. The van der Waals surface area contributed by atoms with Crippen LogP contribution in [0.15, 0.2) is 48.5 Å². The number of hydrogen-bond acceptors (Lipinski definition) is 4. The molecule has 2 aromatic rings. The third-order valence-corrected chi connectivity index (χ3v) is 6.58. The van der Waals surface area contributed by atoms with Crippen molar-refractivity contribution in [2.45, 2.75) is 12.1 Å². The van der Waals surface area contributed by atoms with E-state index in [1.165, 1.54) is 0 Å². The number of methoxy groups -OCH3 is 1. The summed E-state index contributed by atoms with van der Waals surface area (Å²) in [6, 6.07) is 14.1. The van der Waals surface area contributed by atoms with Crippen molar-refractivity contribution in [2.75, 3.05) is 46.4 Å². The van der Waals surface area contributed by atoms with Crippen molar-refractivity contribution < 1.29 is 14.3 Å². The molecule has 2 fully saturated rings. The van der Waals surface area contributed by atoms with Crippen LogP contribution in [0.1, 0.15) is 20.7 Å². The van der Waals surface area contributed by atoms with E-state index < -0.39 is 0 Å². The average Bonchev–Trinajstić information content (AvgIpc) is 3.24. The molecule has 0 aliphatic carbocycles. The fraction of sp³-hybridized carbons (Fsp3) is 0.391. The van der Waals surface area contributed by atoms with Crippen LogP contribution in [0, 0.1) is 0 Å². The lowest BCUT2D eigenvalue weighted by molar-refractivity contribution is 0.0193. The molecular weight excluding hydrogens is 437 g/mol. The van der Waals surface area contributed by atoms with Gasteiger partial charge < -0.3 is 14.5 Å². The third-order valence-electron chi connectivity index (χ3n) is 6.08. The highest BCUT2D eigenvalue weighted by atomic mass is 35.5. The zero-order valence-corrected chi connectivity index (χ0v) is 18.9. The van der Waals surface area contributed by atoms with Crippen LogP contribution in [0.4, 0.5) is 0 Å². The number of nitrogens with zero attached hydrogens (tertiary/aromatic N) is 3. The van der Waals surface area contributed by atoms with Gasteiger partial charge in [-0.3, -0.25) is 14.5 Å². The first-order valence-electron chi connectivity index (χ1n) is 10.3. The van der Waals surface area contributed by atoms with Crippen molar-refractivity contribution >= 4 is 35.0 Å². The van der Waals surface area contributed by atoms with E-state index in [0.29, 0.717) is 47.4 Å². The largest absolute Gasteiger partial charge is 0.378 e. The number of carbonyl (C=O) groups excluding carboxylic acids is 2. The van der Waals surface area contributed by atoms with Crippen molar-refractivity contribution in [3.05, 3.63) is 69.7 Å². The highest BCUT2D eigenvalue weighted by Gasteiger charge is 2.40. The Labute approximate surface area is 192 Å². The summed E-state index contributed by atoms with van der Waals surface area (Å²) in [7, 11) is 1.69. The molecule has 8 heteroatoms. The summed E-state index contributed by atoms with van der Waals surface area (Å²) in [5.41, 5.74) is 1.27. The normalized spacial score (nSPS) is 22.0. The van der Waals surface area contributed by atoms with Gasteiger partial charge in [-0.25, -0.2) is 0 Å². The second-order valence-corrected chi connectivity index (χ2v) is 8.77. The van der Waals surface area contributed by atoms with Crippen molar-refractivity contribution in [1.29, 1.82) is 0 Å². The zero-order chi connectivity index (χ0) is 22.0. The van der Waals surface area contributed by atoms with E-state index in [4.69, 9.17) is 27.9 Å². The maximum absolute atomic E-state index is 12.9. The second-order valence-electron chi connectivity index (χ2n) is 7.89. The molecule has 2 aliphatic heterocycles. The van der Waals surface area contributed by atoms with Crippen molar-refractivity contribution in [3.8, 4) is 0 Å². The average molecular weight is 462 g/mol. The fourth-order valence-corrected chi connectivity index (χ4v) is 4.56. The summed E-state index contributed by atoms with van der Waals surface area (Å²) in [5, 5.41) is 1.22. The summed E-state index contributed by atoms with van der Waals surface area (Å²) < 4.78 is 5.72. The molecule has 2 amide bonds. The number of halogens is 2. The monoisotopic (exact) mass is 461 g/mol. The maximum Gasteiger partial charge on any atom is 0.253 e. The van der Waals surface area contributed by atoms with E-state index in [1.807, 2.05) is 9.80 Å². The van der Waals surface area contributed by atoms with Crippen molar-refractivity contribution in [3.63, 3.8) is 0 Å². The molecule has 2 saturated heterocycles. The van der Waals surface area contributed by atoms with Gasteiger partial charge in [-0.1, -0.05) is 23.2 Å². The Balaban J connectivity index is 1.37. The lowest BCUT2D eigenvalue weighted by atomic mass is 10.1. The Kier molecular flexibility index (Phi) is 6.82. The van der Waals surface area contributed by atoms with Crippen LogP contribution in [0.25, 0.3) is 0 Å². The van der Waals surface area contributed by atoms with Gasteiger partial charge in [0.1, 0.15) is 0 Å². The molecule has 0 N–H and O–H groups in total. The highest BCUT2D eigenvalue weighted by molar-refractivity contribution is 6.31. The van der Waals surface area contributed by atoms with Crippen LogP contribution < -0.4 is 0 Å². The predicted octanol–water partition coefficient (Wildman–Crippen LogP) is 3.29. The first kappa shape index (κ1) is 22.1. The van der Waals surface area contributed by atoms with Gasteiger partial charge in [-0.15, -0.1) is 0 Å². The van der Waals surface area contributed by atoms with E-state index in [0.717, 1.165) is 13.1 Å². The maximum atomic E-state index is 12.9. The molecule has 0 bridgehead atoms. The molecule has 0 aromatic heterocycles.